The molecule has 0 fully saturated rings. The second-order valence-electron chi connectivity index (χ2n) is 14.8. The second kappa shape index (κ2) is 12.5. The van der Waals surface area contributed by atoms with Crippen molar-refractivity contribution in [3.8, 4) is 22.3 Å². The molecule has 10 aromatic carbocycles. The molecule has 0 unspecified atom stereocenters. The van der Waals surface area contributed by atoms with E-state index in [1.807, 2.05) is 18.2 Å². The van der Waals surface area contributed by atoms with Crippen LogP contribution in [0.4, 0.5) is 17.1 Å². The second-order valence-corrected chi connectivity index (χ2v) is 14.8. The molecule has 57 heavy (non-hydrogen) atoms. The van der Waals surface area contributed by atoms with E-state index >= 15 is 0 Å². The largest absolute Gasteiger partial charge is 0.456 e. The molecule has 0 saturated carbocycles. The lowest BCUT2D eigenvalue weighted by molar-refractivity contribution is 0.669. The molecule has 12 aromatic rings. The minimum atomic E-state index is 0.851. The number of benzene rings is 10. The Bertz CT molecular complexity index is 3530. The molecular formula is C54H33NO2. The average molecular weight is 728 g/mol. The van der Waals surface area contributed by atoms with Gasteiger partial charge in [0.05, 0.1) is 16.8 Å². The molecule has 0 aliphatic carbocycles. The predicted octanol–water partition coefficient (Wildman–Crippen LogP) is 15.7. The Morgan fingerprint density at radius 2 is 0.930 bits per heavy atom. The fraction of sp³-hybridized carbons (Fsp3) is 0. The van der Waals surface area contributed by atoms with Gasteiger partial charge in [-0.3, -0.25) is 0 Å². The van der Waals surface area contributed by atoms with E-state index < -0.39 is 0 Å². The molecule has 0 N–H and O–H groups in total. The highest BCUT2D eigenvalue weighted by Crippen LogP contribution is 2.52. The van der Waals surface area contributed by atoms with Gasteiger partial charge in [0.2, 0.25) is 0 Å². The van der Waals surface area contributed by atoms with E-state index in [0.29, 0.717) is 0 Å². The fourth-order valence-corrected chi connectivity index (χ4v) is 9.09. The summed E-state index contributed by atoms with van der Waals surface area (Å²) in [7, 11) is 0. The smallest absolute Gasteiger partial charge is 0.143 e. The van der Waals surface area contributed by atoms with Gasteiger partial charge in [-0.15, -0.1) is 0 Å². The summed E-state index contributed by atoms with van der Waals surface area (Å²) >= 11 is 0. The molecule has 266 valence electrons. The van der Waals surface area contributed by atoms with Crippen molar-refractivity contribution in [3.63, 3.8) is 0 Å². The van der Waals surface area contributed by atoms with E-state index in [2.05, 4.69) is 187 Å². The van der Waals surface area contributed by atoms with Crippen molar-refractivity contribution in [2.24, 2.45) is 0 Å². The number of rotatable bonds is 5. The van der Waals surface area contributed by atoms with Crippen LogP contribution in [0.5, 0.6) is 0 Å². The van der Waals surface area contributed by atoms with Gasteiger partial charge in [-0.2, -0.15) is 0 Å². The van der Waals surface area contributed by atoms with Crippen LogP contribution in [0.1, 0.15) is 0 Å². The van der Waals surface area contributed by atoms with E-state index in [4.69, 9.17) is 8.83 Å². The highest BCUT2D eigenvalue weighted by Gasteiger charge is 2.26. The minimum Gasteiger partial charge on any atom is -0.456 e. The first-order valence-corrected chi connectivity index (χ1v) is 19.4. The summed E-state index contributed by atoms with van der Waals surface area (Å²) in [5, 5.41) is 11.6. The highest BCUT2D eigenvalue weighted by molar-refractivity contribution is 6.24. The van der Waals surface area contributed by atoms with E-state index in [0.717, 1.165) is 77.6 Å². The van der Waals surface area contributed by atoms with E-state index in [1.54, 1.807) is 0 Å². The lowest BCUT2D eigenvalue weighted by atomic mass is 9.89. The van der Waals surface area contributed by atoms with Crippen LogP contribution in [0.25, 0.3) is 98.4 Å². The number of hydrogen-bond donors (Lipinski definition) is 0. The van der Waals surface area contributed by atoms with E-state index in [-0.39, 0.29) is 0 Å². The van der Waals surface area contributed by atoms with Crippen LogP contribution in [0, 0.1) is 0 Å². The molecule has 12 rings (SSSR count). The molecule has 0 saturated heterocycles. The van der Waals surface area contributed by atoms with Gasteiger partial charge < -0.3 is 13.7 Å². The zero-order valence-electron chi connectivity index (χ0n) is 30.8. The molecule has 0 aliphatic heterocycles. The zero-order chi connectivity index (χ0) is 37.5. The number of nitrogens with zero attached hydrogens (tertiary/aromatic N) is 1. The molecule has 3 heteroatoms. The lowest BCUT2D eigenvalue weighted by Gasteiger charge is -2.31. The molecule has 2 aromatic heterocycles. The van der Waals surface area contributed by atoms with Crippen LogP contribution < -0.4 is 4.90 Å². The third-order valence-electron chi connectivity index (χ3n) is 11.6. The van der Waals surface area contributed by atoms with Gasteiger partial charge in [-0.25, -0.2) is 0 Å². The molecule has 0 radical (unpaired) electrons. The van der Waals surface area contributed by atoms with Crippen molar-refractivity contribution >= 4 is 93.3 Å². The lowest BCUT2D eigenvalue weighted by Crippen LogP contribution is -2.13. The van der Waals surface area contributed by atoms with Gasteiger partial charge in [-0.05, 0) is 80.5 Å². The van der Waals surface area contributed by atoms with Crippen molar-refractivity contribution in [3.05, 3.63) is 200 Å². The third-order valence-corrected chi connectivity index (χ3v) is 11.6. The standard InChI is InChI=1S/C54H33NO2/c1-2-14-36-33-37(28-27-34(36)13-1)51-43-18-5-3-15-40(43)41-16-4-6-19-44(41)53(51)55(47-23-12-26-50-52(47)46-20-8-10-25-49(46)56-50)38-31-29-35(30-32-38)39-21-11-22-45-42-17-7-9-24-48(42)57-54(39)45/h1-33H. The Balaban J connectivity index is 1.18. The van der Waals surface area contributed by atoms with Gasteiger partial charge in [-0.1, -0.05) is 158 Å². The van der Waals surface area contributed by atoms with Gasteiger partial charge in [0.15, 0.2) is 0 Å². The Labute approximate surface area is 328 Å². The molecule has 0 atom stereocenters. The number of furan rings is 2. The monoisotopic (exact) mass is 727 g/mol. The maximum atomic E-state index is 6.54. The average Bonchev–Trinajstić information content (AvgIpc) is 3.86. The summed E-state index contributed by atoms with van der Waals surface area (Å²) in [6.07, 6.45) is 0. The Morgan fingerprint density at radius 3 is 1.74 bits per heavy atom. The molecule has 0 bridgehead atoms. The van der Waals surface area contributed by atoms with Gasteiger partial charge in [0.25, 0.3) is 0 Å². The van der Waals surface area contributed by atoms with Gasteiger partial charge in [0, 0.05) is 38.4 Å². The first-order valence-electron chi connectivity index (χ1n) is 19.4. The van der Waals surface area contributed by atoms with Crippen LogP contribution in [-0.2, 0) is 0 Å². The van der Waals surface area contributed by atoms with E-state index in [1.165, 1.54) is 37.9 Å². The first-order chi connectivity index (χ1) is 28.3. The molecule has 0 aliphatic rings. The van der Waals surface area contributed by atoms with Crippen molar-refractivity contribution < 1.29 is 8.83 Å². The topological polar surface area (TPSA) is 29.5 Å². The molecule has 0 spiro atoms. The summed E-state index contributed by atoms with van der Waals surface area (Å²) in [6, 6.07) is 71.7. The Kier molecular flexibility index (Phi) is 6.93. The van der Waals surface area contributed by atoms with Gasteiger partial charge in [0.1, 0.15) is 22.3 Å². The quantitative estimate of drug-likeness (QED) is 0.165. The van der Waals surface area contributed by atoms with Crippen LogP contribution >= 0.6 is 0 Å². The summed E-state index contributed by atoms with van der Waals surface area (Å²) in [4.78, 5) is 2.47. The summed E-state index contributed by atoms with van der Waals surface area (Å²) < 4.78 is 13.0. The number of anilines is 3. The van der Waals surface area contributed by atoms with Crippen LogP contribution in [0.15, 0.2) is 209 Å². The minimum absolute atomic E-state index is 0.851. The van der Waals surface area contributed by atoms with Crippen LogP contribution in [0.2, 0.25) is 0 Å². The van der Waals surface area contributed by atoms with Crippen molar-refractivity contribution in [2.75, 3.05) is 4.90 Å². The van der Waals surface area contributed by atoms with Crippen LogP contribution in [-0.4, -0.2) is 0 Å². The SMILES string of the molecule is c1ccc2cc(-c3c(N(c4ccc(-c5cccc6c5oc5ccccc56)cc4)c4cccc5oc6ccccc6c45)c4ccccc4c4ccccc34)ccc2c1. The third kappa shape index (κ3) is 4.86. The van der Waals surface area contributed by atoms with Gasteiger partial charge >= 0.3 is 0 Å². The summed E-state index contributed by atoms with van der Waals surface area (Å²) in [5.41, 5.74) is 11.2. The number of para-hydroxylation sites is 3. The Morgan fingerprint density at radius 1 is 0.351 bits per heavy atom. The van der Waals surface area contributed by atoms with Crippen LogP contribution in [0.3, 0.4) is 0 Å². The molecular weight excluding hydrogens is 695 g/mol. The summed E-state index contributed by atoms with van der Waals surface area (Å²) in [6.45, 7) is 0. The fourth-order valence-electron chi connectivity index (χ4n) is 9.09. The molecule has 2 heterocycles. The maximum absolute atomic E-state index is 6.54. The number of fused-ring (bicyclic) bond motifs is 10. The summed E-state index contributed by atoms with van der Waals surface area (Å²) in [5.74, 6) is 0. The molecule has 0 amide bonds. The van der Waals surface area contributed by atoms with Crippen molar-refractivity contribution in [1.82, 2.24) is 0 Å². The normalized spacial score (nSPS) is 11.9. The van der Waals surface area contributed by atoms with E-state index in [9.17, 15) is 0 Å². The predicted molar refractivity (Wildman–Crippen MR) is 239 cm³/mol. The molecule has 3 nitrogen and oxygen atoms in total. The van der Waals surface area contributed by atoms with Crippen molar-refractivity contribution in [2.45, 2.75) is 0 Å². The highest BCUT2D eigenvalue weighted by atomic mass is 16.3. The van der Waals surface area contributed by atoms with Crippen molar-refractivity contribution in [1.29, 1.82) is 0 Å². The number of hydrogen-bond acceptors (Lipinski definition) is 3. The maximum Gasteiger partial charge on any atom is 0.143 e. The first kappa shape index (κ1) is 31.7. The Hall–Kier alpha value is -7.62. The zero-order valence-corrected chi connectivity index (χ0v) is 30.8.